The van der Waals surface area contributed by atoms with Crippen molar-refractivity contribution in [3.05, 3.63) is 29.8 Å². The summed E-state index contributed by atoms with van der Waals surface area (Å²) in [5.74, 6) is 0.547. The maximum Gasteiger partial charge on any atom is 0.0172 e. The van der Waals surface area contributed by atoms with Crippen LogP contribution in [0.1, 0.15) is 25.3 Å². The third-order valence-corrected chi connectivity index (χ3v) is 4.20. The smallest absolute Gasteiger partial charge is 0.0172 e. The molecular formula is C12H17NS. The Balaban J connectivity index is 2.34. The first kappa shape index (κ1) is 10.1. The van der Waals surface area contributed by atoms with Crippen LogP contribution in [0.15, 0.2) is 29.2 Å². The molecule has 0 aliphatic heterocycles. The summed E-state index contributed by atoms with van der Waals surface area (Å²) in [6, 6.07) is 8.93. The van der Waals surface area contributed by atoms with Gasteiger partial charge in [0.25, 0.3) is 0 Å². The summed E-state index contributed by atoms with van der Waals surface area (Å²) in [5.41, 5.74) is 7.80. The van der Waals surface area contributed by atoms with E-state index in [1.807, 2.05) is 11.8 Å². The minimum absolute atomic E-state index is 0.284. The molecule has 14 heavy (non-hydrogen) atoms. The minimum atomic E-state index is 0.284. The maximum atomic E-state index is 6.09. The van der Waals surface area contributed by atoms with Crippen molar-refractivity contribution in [3.63, 3.8) is 0 Å². The fourth-order valence-corrected chi connectivity index (χ4v) is 2.84. The van der Waals surface area contributed by atoms with Crippen LogP contribution in [0.3, 0.4) is 0 Å². The van der Waals surface area contributed by atoms with Crippen molar-refractivity contribution in [1.29, 1.82) is 0 Å². The number of hydrogen-bond acceptors (Lipinski definition) is 2. The first-order valence-corrected chi connectivity index (χ1v) is 6.20. The molecule has 2 N–H and O–H groups in total. The molecule has 2 rings (SSSR count). The van der Waals surface area contributed by atoms with Gasteiger partial charge in [-0.2, -0.15) is 0 Å². The molecule has 1 fully saturated rings. The summed E-state index contributed by atoms with van der Waals surface area (Å²) < 4.78 is 0. The third-order valence-electron chi connectivity index (χ3n) is 3.38. The summed E-state index contributed by atoms with van der Waals surface area (Å²) in [6.07, 6.45) is 2.12. The number of nitrogens with two attached hydrogens (primary N) is 1. The molecule has 2 heteroatoms. The van der Waals surface area contributed by atoms with Gasteiger partial charge >= 0.3 is 0 Å². The molecule has 1 saturated carbocycles. The molecule has 1 nitrogen and oxygen atoms in total. The SMILES string of the molecule is CSc1ccccc1[C@H]1[C@H](N)C1(C)C. The van der Waals surface area contributed by atoms with Crippen molar-refractivity contribution in [1.82, 2.24) is 0 Å². The number of thioether (sulfide) groups is 1. The van der Waals surface area contributed by atoms with Crippen LogP contribution in [0.4, 0.5) is 0 Å². The molecular weight excluding hydrogens is 190 g/mol. The van der Waals surface area contributed by atoms with Crippen molar-refractivity contribution < 1.29 is 0 Å². The van der Waals surface area contributed by atoms with E-state index < -0.39 is 0 Å². The summed E-state index contributed by atoms with van der Waals surface area (Å²) >= 11 is 1.81. The van der Waals surface area contributed by atoms with E-state index in [1.165, 1.54) is 10.5 Å². The van der Waals surface area contributed by atoms with Crippen LogP contribution in [-0.2, 0) is 0 Å². The molecule has 76 valence electrons. The Hall–Kier alpha value is -0.470. The monoisotopic (exact) mass is 207 g/mol. The van der Waals surface area contributed by atoms with Gasteiger partial charge in [0.15, 0.2) is 0 Å². The average Bonchev–Trinajstić information content (AvgIpc) is 2.66. The number of rotatable bonds is 2. The fourth-order valence-electron chi connectivity index (χ4n) is 2.20. The normalized spacial score (nSPS) is 28.9. The van der Waals surface area contributed by atoms with Gasteiger partial charge in [0.2, 0.25) is 0 Å². The van der Waals surface area contributed by atoms with Crippen LogP contribution in [0.25, 0.3) is 0 Å². The molecule has 1 aromatic carbocycles. The van der Waals surface area contributed by atoms with Crippen molar-refractivity contribution in [2.75, 3.05) is 6.26 Å². The van der Waals surface area contributed by atoms with Crippen LogP contribution >= 0.6 is 11.8 Å². The van der Waals surface area contributed by atoms with Crippen molar-refractivity contribution in [2.45, 2.75) is 30.7 Å². The van der Waals surface area contributed by atoms with Gasteiger partial charge in [0, 0.05) is 16.9 Å². The lowest BCUT2D eigenvalue weighted by Gasteiger charge is -2.07. The Labute approximate surface area is 90.1 Å². The highest BCUT2D eigenvalue weighted by Gasteiger charge is 2.56. The van der Waals surface area contributed by atoms with Gasteiger partial charge in [-0.15, -0.1) is 11.8 Å². The lowest BCUT2D eigenvalue weighted by atomic mass is 10.0. The molecule has 0 aromatic heterocycles. The van der Waals surface area contributed by atoms with E-state index in [9.17, 15) is 0 Å². The van der Waals surface area contributed by atoms with Crippen molar-refractivity contribution in [2.24, 2.45) is 11.1 Å². The summed E-state index contributed by atoms with van der Waals surface area (Å²) in [5, 5.41) is 0. The van der Waals surface area contributed by atoms with E-state index in [1.54, 1.807) is 0 Å². The molecule has 2 atom stereocenters. The van der Waals surface area contributed by atoms with Crippen LogP contribution in [0.5, 0.6) is 0 Å². The first-order valence-electron chi connectivity index (χ1n) is 4.97. The van der Waals surface area contributed by atoms with Gasteiger partial charge in [-0.3, -0.25) is 0 Å². The summed E-state index contributed by atoms with van der Waals surface area (Å²) in [6.45, 7) is 4.50. The van der Waals surface area contributed by atoms with E-state index in [2.05, 4.69) is 44.4 Å². The number of hydrogen-bond donors (Lipinski definition) is 1. The predicted octanol–water partition coefficient (Wildman–Crippen LogP) is 2.86. The zero-order chi connectivity index (χ0) is 10.3. The fraction of sp³-hybridized carbons (Fsp3) is 0.500. The third kappa shape index (κ3) is 1.37. The van der Waals surface area contributed by atoms with E-state index >= 15 is 0 Å². The van der Waals surface area contributed by atoms with E-state index in [0.29, 0.717) is 12.0 Å². The average molecular weight is 207 g/mol. The second-order valence-corrected chi connectivity index (χ2v) is 5.41. The molecule has 0 heterocycles. The van der Waals surface area contributed by atoms with Crippen molar-refractivity contribution in [3.8, 4) is 0 Å². The van der Waals surface area contributed by atoms with Crippen molar-refractivity contribution >= 4 is 11.8 Å². The Morgan fingerprint density at radius 3 is 2.36 bits per heavy atom. The van der Waals surface area contributed by atoms with Crippen LogP contribution in [0.2, 0.25) is 0 Å². The summed E-state index contributed by atoms with van der Waals surface area (Å²) in [7, 11) is 0. The van der Waals surface area contributed by atoms with Gasteiger partial charge in [0.1, 0.15) is 0 Å². The van der Waals surface area contributed by atoms with Gasteiger partial charge in [-0.1, -0.05) is 32.0 Å². The quantitative estimate of drug-likeness (QED) is 0.755. The highest BCUT2D eigenvalue weighted by Crippen LogP contribution is 2.58. The highest BCUT2D eigenvalue weighted by molar-refractivity contribution is 7.98. The Morgan fingerprint density at radius 1 is 1.29 bits per heavy atom. The van der Waals surface area contributed by atoms with Gasteiger partial charge in [0.05, 0.1) is 0 Å². The molecule has 1 aliphatic carbocycles. The maximum absolute atomic E-state index is 6.09. The number of benzene rings is 1. The van der Waals surface area contributed by atoms with Crippen LogP contribution in [-0.4, -0.2) is 12.3 Å². The zero-order valence-corrected chi connectivity index (χ0v) is 9.77. The molecule has 1 aliphatic rings. The lowest BCUT2D eigenvalue weighted by molar-refractivity contribution is 0.597. The molecule has 0 spiro atoms. The molecule has 0 unspecified atom stereocenters. The van der Waals surface area contributed by atoms with Crippen LogP contribution < -0.4 is 5.73 Å². The highest BCUT2D eigenvalue weighted by atomic mass is 32.2. The molecule has 1 aromatic rings. The van der Waals surface area contributed by atoms with Crippen LogP contribution in [0, 0.1) is 5.41 Å². The topological polar surface area (TPSA) is 26.0 Å². The second-order valence-electron chi connectivity index (χ2n) is 4.57. The Morgan fingerprint density at radius 2 is 1.86 bits per heavy atom. The predicted molar refractivity (Wildman–Crippen MR) is 62.7 cm³/mol. The standard InChI is InChI=1S/C12H17NS/c1-12(2)10(11(12)13)8-6-4-5-7-9(8)14-3/h4-7,10-11H,13H2,1-3H3/t10-,11-/m0/s1. The molecule has 0 saturated heterocycles. The Bertz CT molecular complexity index is 346. The largest absolute Gasteiger partial charge is 0.327 e. The van der Waals surface area contributed by atoms with E-state index in [0.717, 1.165) is 0 Å². The molecule has 0 amide bonds. The van der Waals surface area contributed by atoms with E-state index in [4.69, 9.17) is 5.73 Å². The molecule has 0 bridgehead atoms. The van der Waals surface area contributed by atoms with E-state index in [-0.39, 0.29) is 5.41 Å². The van der Waals surface area contributed by atoms with Gasteiger partial charge in [-0.05, 0) is 23.3 Å². The first-order chi connectivity index (χ1) is 6.59. The van der Waals surface area contributed by atoms with Gasteiger partial charge in [-0.25, -0.2) is 0 Å². The minimum Gasteiger partial charge on any atom is -0.327 e. The molecule has 0 radical (unpaired) electrons. The Kier molecular flexibility index (Phi) is 2.36. The second kappa shape index (κ2) is 3.28. The lowest BCUT2D eigenvalue weighted by Crippen LogP contribution is -2.06. The summed E-state index contributed by atoms with van der Waals surface area (Å²) in [4.78, 5) is 1.37. The van der Waals surface area contributed by atoms with Gasteiger partial charge < -0.3 is 5.73 Å². The zero-order valence-electron chi connectivity index (χ0n) is 8.95.